The van der Waals surface area contributed by atoms with Crippen LogP contribution in [0, 0.1) is 0 Å². The number of rotatable bonds is 12. The van der Waals surface area contributed by atoms with Gasteiger partial charge in [0.25, 0.3) is 0 Å². The van der Waals surface area contributed by atoms with Crippen LogP contribution in [0.15, 0.2) is 23.2 Å². The van der Waals surface area contributed by atoms with Gasteiger partial charge in [-0.2, -0.15) is 0 Å². The Morgan fingerprint density at radius 3 is 2.52 bits per heavy atom. The van der Waals surface area contributed by atoms with E-state index in [4.69, 9.17) is 19.9 Å². The third-order valence-corrected chi connectivity index (χ3v) is 4.03. The van der Waals surface area contributed by atoms with Crippen molar-refractivity contribution in [1.82, 2.24) is 10.2 Å². The van der Waals surface area contributed by atoms with Crippen molar-refractivity contribution in [3.8, 4) is 11.5 Å². The van der Waals surface area contributed by atoms with Gasteiger partial charge in [0.15, 0.2) is 17.5 Å². The molecular formula is C19H35IN4O3. The summed E-state index contributed by atoms with van der Waals surface area (Å²) in [7, 11) is 3.30. The molecule has 0 radical (unpaired) electrons. The number of hydrogen-bond acceptors (Lipinski definition) is 5. The smallest absolute Gasteiger partial charge is 0.189 e. The zero-order valence-electron chi connectivity index (χ0n) is 17.2. The summed E-state index contributed by atoms with van der Waals surface area (Å²) in [5, 5.41) is 3.08. The predicted molar refractivity (Wildman–Crippen MR) is 121 cm³/mol. The number of nitrogens with zero attached hydrogens (tertiary/aromatic N) is 2. The molecule has 0 saturated heterocycles. The molecule has 1 aromatic rings. The molecule has 3 N–H and O–H groups in total. The molecule has 0 bridgehead atoms. The topological polar surface area (TPSA) is 81.3 Å². The summed E-state index contributed by atoms with van der Waals surface area (Å²) in [5.41, 5.74) is 6.90. The average molecular weight is 494 g/mol. The maximum Gasteiger partial charge on any atom is 0.189 e. The minimum Gasteiger partial charge on any atom is -0.493 e. The van der Waals surface area contributed by atoms with Gasteiger partial charge >= 0.3 is 0 Å². The van der Waals surface area contributed by atoms with Crippen LogP contribution in [0.4, 0.5) is 0 Å². The third kappa shape index (κ3) is 10.0. The SMILES string of the molecule is CCN(CC)CCOc1ccc(CN=C(N)NC(C)COC)cc1OC.I. The predicted octanol–water partition coefficient (Wildman–Crippen LogP) is 2.47. The highest BCUT2D eigenvalue weighted by Crippen LogP contribution is 2.28. The Balaban J connectivity index is 0.00000676. The molecule has 0 heterocycles. The molecule has 0 amide bonds. The molecule has 8 heteroatoms. The number of aliphatic imine (C=N–C) groups is 1. The van der Waals surface area contributed by atoms with Gasteiger partial charge in [-0.1, -0.05) is 19.9 Å². The number of guanidine groups is 1. The zero-order chi connectivity index (χ0) is 19.4. The van der Waals surface area contributed by atoms with E-state index in [1.807, 2.05) is 25.1 Å². The van der Waals surface area contributed by atoms with E-state index in [1.54, 1.807) is 14.2 Å². The lowest BCUT2D eigenvalue weighted by Gasteiger charge is -2.19. The van der Waals surface area contributed by atoms with Gasteiger partial charge in [-0.3, -0.25) is 0 Å². The van der Waals surface area contributed by atoms with E-state index in [2.05, 4.69) is 29.1 Å². The number of likely N-dealkylation sites (N-methyl/N-ethyl adjacent to an activating group) is 1. The van der Waals surface area contributed by atoms with Gasteiger partial charge in [0.05, 0.1) is 20.3 Å². The molecule has 0 aliphatic heterocycles. The number of nitrogens with two attached hydrogens (primary N) is 1. The fraction of sp³-hybridized carbons (Fsp3) is 0.632. The van der Waals surface area contributed by atoms with Crippen LogP contribution in [0.25, 0.3) is 0 Å². The van der Waals surface area contributed by atoms with Gasteiger partial charge in [0.1, 0.15) is 6.61 Å². The second kappa shape index (κ2) is 14.8. The monoisotopic (exact) mass is 494 g/mol. The molecule has 27 heavy (non-hydrogen) atoms. The second-order valence-electron chi connectivity index (χ2n) is 6.06. The van der Waals surface area contributed by atoms with Gasteiger partial charge in [0, 0.05) is 19.7 Å². The van der Waals surface area contributed by atoms with E-state index in [1.165, 1.54) is 0 Å². The number of halogens is 1. The summed E-state index contributed by atoms with van der Waals surface area (Å²) in [6, 6.07) is 5.94. The maximum absolute atomic E-state index is 5.90. The molecule has 1 unspecified atom stereocenters. The summed E-state index contributed by atoms with van der Waals surface area (Å²) in [6.07, 6.45) is 0. The van der Waals surface area contributed by atoms with E-state index >= 15 is 0 Å². The first-order valence-electron chi connectivity index (χ1n) is 9.11. The van der Waals surface area contributed by atoms with Crippen LogP contribution in [0.5, 0.6) is 11.5 Å². The molecule has 0 spiro atoms. The van der Waals surface area contributed by atoms with Gasteiger partial charge in [0.2, 0.25) is 0 Å². The highest BCUT2D eigenvalue weighted by Gasteiger charge is 2.07. The number of methoxy groups -OCH3 is 2. The van der Waals surface area contributed by atoms with E-state index in [0.29, 0.717) is 31.5 Å². The van der Waals surface area contributed by atoms with Gasteiger partial charge < -0.3 is 30.2 Å². The number of benzene rings is 1. The van der Waals surface area contributed by atoms with Crippen molar-refractivity contribution >= 4 is 29.9 Å². The van der Waals surface area contributed by atoms with Crippen molar-refractivity contribution in [3.05, 3.63) is 23.8 Å². The molecule has 1 atom stereocenters. The van der Waals surface area contributed by atoms with E-state index in [-0.39, 0.29) is 30.0 Å². The minimum absolute atomic E-state index is 0. The van der Waals surface area contributed by atoms with Crippen molar-refractivity contribution in [2.75, 3.05) is 47.1 Å². The Labute approximate surface area is 180 Å². The number of ether oxygens (including phenoxy) is 3. The molecule has 0 saturated carbocycles. The highest BCUT2D eigenvalue weighted by molar-refractivity contribution is 14.0. The minimum atomic E-state index is 0. The largest absolute Gasteiger partial charge is 0.493 e. The van der Waals surface area contributed by atoms with Crippen molar-refractivity contribution in [2.24, 2.45) is 10.7 Å². The Morgan fingerprint density at radius 2 is 1.93 bits per heavy atom. The fourth-order valence-corrected chi connectivity index (χ4v) is 2.52. The lowest BCUT2D eigenvalue weighted by atomic mass is 10.2. The first-order chi connectivity index (χ1) is 12.5. The molecule has 0 aliphatic rings. The van der Waals surface area contributed by atoms with Crippen molar-refractivity contribution in [1.29, 1.82) is 0 Å². The Morgan fingerprint density at radius 1 is 1.22 bits per heavy atom. The van der Waals surface area contributed by atoms with Crippen LogP contribution in [0.1, 0.15) is 26.3 Å². The van der Waals surface area contributed by atoms with E-state index in [0.717, 1.165) is 30.9 Å². The Hall–Kier alpha value is -1.26. The lowest BCUT2D eigenvalue weighted by Crippen LogP contribution is -2.40. The molecule has 7 nitrogen and oxygen atoms in total. The molecule has 1 aromatic carbocycles. The van der Waals surface area contributed by atoms with Crippen molar-refractivity contribution < 1.29 is 14.2 Å². The first-order valence-corrected chi connectivity index (χ1v) is 9.11. The lowest BCUT2D eigenvalue weighted by molar-refractivity contribution is 0.179. The quantitative estimate of drug-likeness (QED) is 0.264. The standard InChI is InChI=1S/C19H34N4O3.HI/c1-6-23(7-2)10-11-26-17-9-8-16(12-18(17)25-5)13-21-19(20)22-15(3)14-24-4;/h8-9,12,15H,6-7,10-11,13-14H2,1-5H3,(H3,20,21,22);1H. The number of nitrogens with one attached hydrogen (secondary N) is 1. The zero-order valence-corrected chi connectivity index (χ0v) is 19.5. The van der Waals surface area contributed by atoms with E-state index in [9.17, 15) is 0 Å². The summed E-state index contributed by atoms with van der Waals surface area (Å²) in [6.45, 7) is 10.9. The molecule has 156 valence electrons. The van der Waals surface area contributed by atoms with E-state index < -0.39 is 0 Å². The summed E-state index contributed by atoms with van der Waals surface area (Å²) < 4.78 is 16.4. The van der Waals surface area contributed by atoms with Gasteiger partial charge in [-0.25, -0.2) is 4.99 Å². The van der Waals surface area contributed by atoms with Gasteiger partial charge in [-0.15, -0.1) is 24.0 Å². The van der Waals surface area contributed by atoms with Gasteiger partial charge in [-0.05, 0) is 37.7 Å². The fourth-order valence-electron chi connectivity index (χ4n) is 2.52. The normalized spacial score (nSPS) is 12.4. The maximum atomic E-state index is 5.90. The van der Waals surface area contributed by atoms with Crippen molar-refractivity contribution in [2.45, 2.75) is 33.4 Å². The Bertz CT molecular complexity index is 554. The molecular weight excluding hydrogens is 459 g/mol. The van der Waals surface area contributed by atoms with Crippen LogP contribution in [0.3, 0.4) is 0 Å². The highest BCUT2D eigenvalue weighted by atomic mass is 127. The summed E-state index contributed by atoms with van der Waals surface area (Å²) in [5.74, 6) is 1.84. The average Bonchev–Trinajstić information content (AvgIpc) is 2.64. The van der Waals surface area contributed by atoms with Crippen LogP contribution in [-0.2, 0) is 11.3 Å². The van der Waals surface area contributed by atoms with Crippen LogP contribution in [-0.4, -0.2) is 64.0 Å². The molecule has 0 aliphatic carbocycles. The van der Waals surface area contributed by atoms with Crippen LogP contribution >= 0.6 is 24.0 Å². The van der Waals surface area contributed by atoms with Crippen molar-refractivity contribution in [3.63, 3.8) is 0 Å². The van der Waals surface area contributed by atoms with Crippen LogP contribution in [0.2, 0.25) is 0 Å². The molecule has 0 aromatic heterocycles. The summed E-state index contributed by atoms with van der Waals surface area (Å²) in [4.78, 5) is 6.67. The summed E-state index contributed by atoms with van der Waals surface area (Å²) >= 11 is 0. The second-order valence-corrected chi connectivity index (χ2v) is 6.06. The Kier molecular flexibility index (Phi) is 14.1. The number of hydrogen-bond donors (Lipinski definition) is 2. The molecule has 1 rings (SSSR count). The first kappa shape index (κ1) is 25.7. The third-order valence-electron chi connectivity index (χ3n) is 4.03. The molecule has 0 fully saturated rings. The van der Waals surface area contributed by atoms with Crippen LogP contribution < -0.4 is 20.5 Å².